The highest BCUT2D eigenvalue weighted by Crippen LogP contribution is 2.11. The molecule has 2 rings (SSSR count). The minimum absolute atomic E-state index is 0.0602. The molecule has 7 nitrogen and oxygen atoms in total. The maximum absolute atomic E-state index is 12.0. The third kappa shape index (κ3) is 4.46. The van der Waals surface area contributed by atoms with Crippen molar-refractivity contribution in [3.05, 3.63) is 11.8 Å². The summed E-state index contributed by atoms with van der Waals surface area (Å²) in [6.07, 6.45) is 4.42. The Morgan fingerprint density at radius 1 is 1.33 bits per heavy atom. The highest BCUT2D eigenvalue weighted by Gasteiger charge is 2.19. The third-order valence-corrected chi connectivity index (χ3v) is 3.69. The van der Waals surface area contributed by atoms with Gasteiger partial charge in [-0.3, -0.25) is 9.59 Å². The molecule has 0 aromatic rings. The van der Waals surface area contributed by atoms with Gasteiger partial charge in [0.15, 0.2) is 0 Å². The molecule has 2 saturated heterocycles. The van der Waals surface area contributed by atoms with Crippen LogP contribution in [0.5, 0.6) is 0 Å². The van der Waals surface area contributed by atoms with Crippen molar-refractivity contribution < 1.29 is 14.3 Å². The van der Waals surface area contributed by atoms with Crippen LogP contribution >= 0.6 is 0 Å². The minimum Gasteiger partial charge on any atom is -0.376 e. The zero-order valence-electron chi connectivity index (χ0n) is 12.0. The van der Waals surface area contributed by atoms with Gasteiger partial charge in [-0.2, -0.15) is 5.26 Å². The Bertz CT molecular complexity index is 444. The van der Waals surface area contributed by atoms with Gasteiger partial charge in [0.25, 0.3) is 5.91 Å². The Balaban J connectivity index is 1.83. The van der Waals surface area contributed by atoms with E-state index in [-0.39, 0.29) is 17.6 Å². The number of amides is 2. The molecule has 0 spiro atoms. The monoisotopic (exact) mass is 292 g/mol. The van der Waals surface area contributed by atoms with Crippen molar-refractivity contribution in [2.24, 2.45) is 0 Å². The maximum atomic E-state index is 12.0. The fourth-order valence-corrected chi connectivity index (χ4v) is 2.40. The van der Waals surface area contributed by atoms with Gasteiger partial charge in [0.2, 0.25) is 6.41 Å². The summed E-state index contributed by atoms with van der Waals surface area (Å²) in [5.74, 6) is -0.370. The van der Waals surface area contributed by atoms with E-state index in [4.69, 9.17) is 10.00 Å². The van der Waals surface area contributed by atoms with E-state index in [2.05, 4.69) is 5.32 Å². The summed E-state index contributed by atoms with van der Waals surface area (Å²) in [5.41, 5.74) is 0.0903. The zero-order valence-corrected chi connectivity index (χ0v) is 12.0. The first-order valence-electron chi connectivity index (χ1n) is 7.18. The molecule has 7 heteroatoms. The van der Waals surface area contributed by atoms with Crippen LogP contribution in [0.3, 0.4) is 0 Å². The highest BCUT2D eigenvalue weighted by molar-refractivity contribution is 5.97. The van der Waals surface area contributed by atoms with Gasteiger partial charge in [-0.25, -0.2) is 0 Å². The van der Waals surface area contributed by atoms with Gasteiger partial charge in [-0.15, -0.1) is 0 Å². The van der Waals surface area contributed by atoms with E-state index >= 15 is 0 Å². The van der Waals surface area contributed by atoms with E-state index in [1.54, 1.807) is 11.1 Å². The molecule has 0 bridgehead atoms. The molecule has 2 amide bonds. The number of nitrogens with one attached hydrogen (secondary N) is 1. The fraction of sp³-hybridized carbons (Fsp3) is 0.643. The van der Waals surface area contributed by atoms with Crippen LogP contribution in [0.1, 0.15) is 12.8 Å². The zero-order chi connectivity index (χ0) is 15.1. The van der Waals surface area contributed by atoms with Crippen LogP contribution in [-0.4, -0.2) is 67.6 Å². The van der Waals surface area contributed by atoms with E-state index in [9.17, 15) is 9.59 Å². The lowest BCUT2D eigenvalue weighted by molar-refractivity contribution is -0.120. The third-order valence-electron chi connectivity index (χ3n) is 3.69. The van der Waals surface area contributed by atoms with Crippen LogP contribution in [0, 0.1) is 11.3 Å². The molecule has 0 saturated carbocycles. The smallest absolute Gasteiger partial charge is 0.263 e. The summed E-state index contributed by atoms with van der Waals surface area (Å²) >= 11 is 0. The quantitative estimate of drug-likeness (QED) is 0.418. The van der Waals surface area contributed by atoms with E-state index in [1.165, 1.54) is 0 Å². The number of rotatable bonds is 5. The lowest BCUT2D eigenvalue weighted by Gasteiger charge is -2.31. The summed E-state index contributed by atoms with van der Waals surface area (Å²) in [5, 5.41) is 11.9. The normalized spacial score (nSPS) is 22.8. The Morgan fingerprint density at radius 2 is 2.05 bits per heavy atom. The second-order valence-electron chi connectivity index (χ2n) is 5.18. The Kier molecular flexibility index (Phi) is 5.58. The predicted molar refractivity (Wildman–Crippen MR) is 74.9 cm³/mol. The Labute approximate surface area is 124 Å². The molecule has 1 unspecified atom stereocenters. The van der Waals surface area contributed by atoms with Gasteiger partial charge >= 0.3 is 0 Å². The second-order valence-corrected chi connectivity index (χ2v) is 5.18. The lowest BCUT2D eigenvalue weighted by Crippen LogP contribution is -2.43. The van der Waals surface area contributed by atoms with Gasteiger partial charge in [0.1, 0.15) is 11.6 Å². The highest BCUT2D eigenvalue weighted by atomic mass is 16.5. The van der Waals surface area contributed by atoms with Crippen molar-refractivity contribution in [2.45, 2.75) is 18.9 Å². The van der Waals surface area contributed by atoms with E-state index in [0.717, 1.165) is 25.9 Å². The van der Waals surface area contributed by atoms with E-state index in [1.807, 2.05) is 11.0 Å². The van der Waals surface area contributed by atoms with Gasteiger partial charge in [0.05, 0.1) is 6.10 Å². The summed E-state index contributed by atoms with van der Waals surface area (Å²) in [6.45, 7) is 3.65. The number of nitriles is 1. The number of piperazine rings is 1. The topological polar surface area (TPSA) is 85.7 Å². The van der Waals surface area contributed by atoms with Crippen molar-refractivity contribution in [3.8, 4) is 6.07 Å². The fourth-order valence-electron chi connectivity index (χ4n) is 2.40. The SMILES string of the molecule is N#C/C(=C/N1CCN(C=O)CC1)C(=O)NCC1CCCO1. The lowest BCUT2D eigenvalue weighted by atomic mass is 10.2. The van der Waals surface area contributed by atoms with Crippen LogP contribution in [-0.2, 0) is 14.3 Å². The van der Waals surface area contributed by atoms with Crippen molar-refractivity contribution in [1.82, 2.24) is 15.1 Å². The molecule has 0 aliphatic carbocycles. The Morgan fingerprint density at radius 3 is 2.62 bits per heavy atom. The largest absolute Gasteiger partial charge is 0.376 e. The van der Waals surface area contributed by atoms with Crippen LogP contribution in [0.2, 0.25) is 0 Å². The van der Waals surface area contributed by atoms with Crippen LogP contribution in [0.4, 0.5) is 0 Å². The number of carbonyl (C=O) groups excluding carboxylic acids is 2. The molecule has 0 aromatic heterocycles. The second kappa shape index (κ2) is 7.64. The molecule has 1 N–H and O–H groups in total. The average molecular weight is 292 g/mol. The van der Waals surface area contributed by atoms with Crippen molar-refractivity contribution in [2.75, 3.05) is 39.3 Å². The average Bonchev–Trinajstić information content (AvgIpc) is 3.04. The summed E-state index contributed by atoms with van der Waals surface area (Å²) in [6, 6.07) is 1.93. The number of hydrogen-bond acceptors (Lipinski definition) is 5. The molecule has 0 aromatic carbocycles. The molecule has 2 fully saturated rings. The molecule has 2 aliphatic rings. The van der Waals surface area contributed by atoms with Crippen molar-refractivity contribution >= 4 is 12.3 Å². The molecular formula is C14H20N4O3. The summed E-state index contributed by atoms with van der Waals surface area (Å²) in [7, 11) is 0. The summed E-state index contributed by atoms with van der Waals surface area (Å²) < 4.78 is 5.42. The molecule has 2 aliphatic heterocycles. The maximum Gasteiger partial charge on any atom is 0.263 e. The number of hydrogen-bond donors (Lipinski definition) is 1. The number of nitrogens with zero attached hydrogens (tertiary/aromatic N) is 3. The molecule has 114 valence electrons. The van der Waals surface area contributed by atoms with E-state index in [0.29, 0.717) is 32.7 Å². The first-order chi connectivity index (χ1) is 10.2. The Hall–Kier alpha value is -2.07. The number of carbonyl (C=O) groups is 2. The first kappa shape index (κ1) is 15.3. The molecule has 21 heavy (non-hydrogen) atoms. The summed E-state index contributed by atoms with van der Waals surface area (Å²) in [4.78, 5) is 26.2. The predicted octanol–water partition coefficient (Wildman–Crippen LogP) is -0.537. The molecule has 1 atom stereocenters. The van der Waals surface area contributed by atoms with Gasteiger partial charge in [-0.05, 0) is 12.8 Å². The van der Waals surface area contributed by atoms with Crippen LogP contribution in [0.25, 0.3) is 0 Å². The number of ether oxygens (including phenoxy) is 1. The van der Waals surface area contributed by atoms with Gasteiger partial charge in [0, 0.05) is 45.5 Å². The van der Waals surface area contributed by atoms with Crippen molar-refractivity contribution in [1.29, 1.82) is 5.26 Å². The van der Waals surface area contributed by atoms with Crippen molar-refractivity contribution in [3.63, 3.8) is 0 Å². The van der Waals surface area contributed by atoms with E-state index < -0.39 is 0 Å². The standard InChI is InChI=1S/C14H20N4O3/c15-8-12(10-17-3-5-18(11-19)6-4-17)14(20)16-9-13-2-1-7-21-13/h10-11,13H,1-7,9H2,(H,16,20)/b12-10-. The van der Waals surface area contributed by atoms with Gasteiger partial charge in [-0.1, -0.05) is 0 Å². The first-order valence-corrected chi connectivity index (χ1v) is 7.18. The minimum atomic E-state index is -0.370. The van der Waals surface area contributed by atoms with Crippen LogP contribution in [0.15, 0.2) is 11.8 Å². The van der Waals surface area contributed by atoms with Gasteiger partial charge < -0.3 is 19.9 Å². The molecular weight excluding hydrogens is 272 g/mol. The molecule has 2 heterocycles. The molecule has 0 radical (unpaired) electrons. The van der Waals surface area contributed by atoms with Crippen LogP contribution < -0.4 is 5.32 Å².